The average molecular weight is 408 g/mol. The first-order valence-electron chi connectivity index (χ1n) is 9.04. The first-order chi connectivity index (χ1) is 13.2. The topological polar surface area (TPSA) is 93.5 Å². The lowest BCUT2D eigenvalue weighted by Gasteiger charge is -2.38. The highest BCUT2D eigenvalue weighted by atomic mass is 32.2. The van der Waals surface area contributed by atoms with Crippen LogP contribution >= 0.6 is 0 Å². The smallest absolute Gasteiger partial charge is 0.253 e. The van der Waals surface area contributed by atoms with Gasteiger partial charge < -0.3 is 4.90 Å². The van der Waals surface area contributed by atoms with Crippen LogP contribution in [0, 0.1) is 23.1 Å². The zero-order chi connectivity index (χ0) is 20.9. The van der Waals surface area contributed by atoms with Gasteiger partial charge in [0.15, 0.2) is 0 Å². The Hall–Kier alpha value is -2.28. The van der Waals surface area contributed by atoms with Gasteiger partial charge in [0.2, 0.25) is 10.0 Å². The number of hydrogen-bond acceptors (Lipinski definition) is 5. The monoisotopic (exact) mass is 408 g/mol. The standard InChI is InChI=1S/C19H25FN4O3S/c1-4-7-22-28(26,27)18-12-15(5-6-16(18)20)19(25)24-10-8-23(9-11-24)17(13-21)14(2)3/h4-6,12,14,17,22H,1,7-11H2,2-3H3. The molecule has 0 aliphatic carbocycles. The summed E-state index contributed by atoms with van der Waals surface area (Å²) in [7, 11) is -4.08. The van der Waals surface area contributed by atoms with Gasteiger partial charge in [-0.05, 0) is 24.1 Å². The molecule has 1 aliphatic heterocycles. The van der Waals surface area contributed by atoms with Crippen molar-refractivity contribution >= 4 is 15.9 Å². The molecule has 0 aromatic heterocycles. The normalized spacial score (nSPS) is 16.6. The summed E-state index contributed by atoms with van der Waals surface area (Å²) >= 11 is 0. The minimum atomic E-state index is -4.08. The van der Waals surface area contributed by atoms with E-state index in [0.29, 0.717) is 26.2 Å². The molecule has 0 spiro atoms. The van der Waals surface area contributed by atoms with E-state index in [9.17, 15) is 22.9 Å². The van der Waals surface area contributed by atoms with Crippen molar-refractivity contribution in [2.24, 2.45) is 5.92 Å². The summed E-state index contributed by atoms with van der Waals surface area (Å²) < 4.78 is 40.7. The maximum atomic E-state index is 14.0. The molecule has 152 valence electrons. The Labute approximate surface area is 165 Å². The minimum Gasteiger partial charge on any atom is -0.336 e. The molecule has 0 radical (unpaired) electrons. The Kier molecular flexibility index (Phi) is 7.29. The van der Waals surface area contributed by atoms with Crippen LogP contribution in [0.15, 0.2) is 35.7 Å². The molecule has 1 N–H and O–H groups in total. The van der Waals surface area contributed by atoms with Crippen molar-refractivity contribution in [1.29, 1.82) is 5.26 Å². The number of carbonyl (C=O) groups excluding carboxylic acids is 1. The molecule has 1 unspecified atom stereocenters. The molecule has 1 aliphatic rings. The highest BCUT2D eigenvalue weighted by Gasteiger charge is 2.29. The van der Waals surface area contributed by atoms with Crippen molar-refractivity contribution in [1.82, 2.24) is 14.5 Å². The summed E-state index contributed by atoms with van der Waals surface area (Å²) in [5.41, 5.74) is 0.106. The predicted octanol–water partition coefficient (Wildman–Crippen LogP) is 1.60. The number of carbonyl (C=O) groups is 1. The fourth-order valence-corrected chi connectivity index (χ4v) is 4.23. The summed E-state index contributed by atoms with van der Waals surface area (Å²) in [5, 5.41) is 9.32. The van der Waals surface area contributed by atoms with E-state index in [1.165, 1.54) is 12.1 Å². The second-order valence-electron chi connectivity index (χ2n) is 6.93. The van der Waals surface area contributed by atoms with Gasteiger partial charge in [-0.1, -0.05) is 19.9 Å². The third-order valence-electron chi connectivity index (χ3n) is 4.64. The fourth-order valence-electron chi connectivity index (χ4n) is 3.13. The van der Waals surface area contributed by atoms with Gasteiger partial charge in [0, 0.05) is 38.3 Å². The minimum absolute atomic E-state index is 0.0438. The number of sulfonamides is 1. The van der Waals surface area contributed by atoms with Crippen molar-refractivity contribution in [3.8, 4) is 6.07 Å². The Balaban J connectivity index is 2.15. The van der Waals surface area contributed by atoms with Crippen molar-refractivity contribution in [2.45, 2.75) is 24.8 Å². The highest BCUT2D eigenvalue weighted by Crippen LogP contribution is 2.19. The van der Waals surface area contributed by atoms with Crippen molar-refractivity contribution in [2.75, 3.05) is 32.7 Å². The van der Waals surface area contributed by atoms with Crippen LogP contribution in [0.3, 0.4) is 0 Å². The molecule has 9 heteroatoms. The third-order valence-corrected chi connectivity index (χ3v) is 6.08. The quantitative estimate of drug-likeness (QED) is 0.692. The van der Waals surface area contributed by atoms with Gasteiger partial charge in [-0.3, -0.25) is 9.69 Å². The molecule has 0 saturated carbocycles. The number of nitrogens with zero attached hydrogens (tertiary/aromatic N) is 3. The van der Waals surface area contributed by atoms with Crippen LogP contribution in [0.25, 0.3) is 0 Å². The van der Waals surface area contributed by atoms with Crippen LogP contribution in [0.4, 0.5) is 4.39 Å². The van der Waals surface area contributed by atoms with Crippen molar-refractivity contribution in [3.63, 3.8) is 0 Å². The Morgan fingerprint density at radius 1 is 1.36 bits per heavy atom. The molecule has 28 heavy (non-hydrogen) atoms. The lowest BCUT2D eigenvalue weighted by molar-refractivity contribution is 0.0576. The molecule has 1 aromatic carbocycles. The molecular weight excluding hydrogens is 383 g/mol. The molecule has 0 bridgehead atoms. The van der Waals surface area contributed by atoms with Gasteiger partial charge in [-0.25, -0.2) is 17.5 Å². The average Bonchev–Trinajstić information content (AvgIpc) is 2.67. The van der Waals surface area contributed by atoms with Crippen LogP contribution in [0.1, 0.15) is 24.2 Å². The highest BCUT2D eigenvalue weighted by molar-refractivity contribution is 7.89. The van der Waals surface area contributed by atoms with Crippen LogP contribution in [-0.2, 0) is 10.0 Å². The maximum absolute atomic E-state index is 14.0. The lowest BCUT2D eigenvalue weighted by Crippen LogP contribution is -2.52. The first-order valence-corrected chi connectivity index (χ1v) is 10.5. The van der Waals surface area contributed by atoms with Crippen LogP contribution < -0.4 is 4.72 Å². The van der Waals surface area contributed by atoms with Gasteiger partial charge in [-0.2, -0.15) is 5.26 Å². The molecule has 1 heterocycles. The fraction of sp³-hybridized carbons (Fsp3) is 0.474. The molecule has 1 aromatic rings. The number of halogens is 1. The van der Waals surface area contributed by atoms with Crippen LogP contribution in [0.2, 0.25) is 0 Å². The second kappa shape index (κ2) is 9.28. The van der Waals surface area contributed by atoms with E-state index in [0.717, 1.165) is 12.1 Å². The zero-order valence-electron chi connectivity index (χ0n) is 16.1. The predicted molar refractivity (Wildman–Crippen MR) is 104 cm³/mol. The molecule has 1 atom stereocenters. The summed E-state index contributed by atoms with van der Waals surface area (Å²) in [6.07, 6.45) is 1.34. The summed E-state index contributed by atoms with van der Waals surface area (Å²) in [5.74, 6) is -1.11. The number of nitriles is 1. The number of benzene rings is 1. The van der Waals surface area contributed by atoms with E-state index in [1.54, 1.807) is 4.90 Å². The molecule has 1 fully saturated rings. The largest absolute Gasteiger partial charge is 0.336 e. The van der Waals surface area contributed by atoms with Gasteiger partial charge in [0.05, 0.1) is 6.07 Å². The van der Waals surface area contributed by atoms with E-state index in [1.807, 2.05) is 18.7 Å². The molecule has 7 nitrogen and oxygen atoms in total. The second-order valence-corrected chi connectivity index (χ2v) is 8.67. The van der Waals surface area contributed by atoms with Crippen LogP contribution in [0.5, 0.6) is 0 Å². The number of hydrogen-bond donors (Lipinski definition) is 1. The van der Waals surface area contributed by atoms with Gasteiger partial charge in [0.25, 0.3) is 5.91 Å². The van der Waals surface area contributed by atoms with E-state index in [2.05, 4.69) is 17.4 Å². The summed E-state index contributed by atoms with van der Waals surface area (Å²) in [4.78, 5) is 15.8. The maximum Gasteiger partial charge on any atom is 0.253 e. The van der Waals surface area contributed by atoms with Crippen molar-refractivity contribution in [3.05, 3.63) is 42.2 Å². The Bertz CT molecular complexity index is 872. The zero-order valence-corrected chi connectivity index (χ0v) is 16.9. The third kappa shape index (κ3) is 4.95. The molecule has 1 amide bonds. The summed E-state index contributed by atoms with van der Waals surface area (Å²) in [6.45, 7) is 9.26. The van der Waals surface area contributed by atoms with E-state index < -0.39 is 20.7 Å². The SMILES string of the molecule is C=CCNS(=O)(=O)c1cc(C(=O)N2CCN(C(C#N)C(C)C)CC2)ccc1F. The number of amides is 1. The Morgan fingerprint density at radius 2 is 2.00 bits per heavy atom. The van der Waals surface area contributed by atoms with Gasteiger partial charge in [0.1, 0.15) is 16.8 Å². The van der Waals surface area contributed by atoms with Crippen LogP contribution in [-0.4, -0.2) is 62.9 Å². The first kappa shape index (κ1) is 22.0. The molecular formula is C19H25FN4O3S. The van der Waals surface area contributed by atoms with E-state index >= 15 is 0 Å². The number of piperazine rings is 1. The van der Waals surface area contributed by atoms with Gasteiger partial charge in [-0.15, -0.1) is 6.58 Å². The van der Waals surface area contributed by atoms with E-state index in [-0.39, 0.29) is 30.0 Å². The lowest BCUT2D eigenvalue weighted by atomic mass is 10.0. The number of rotatable bonds is 7. The van der Waals surface area contributed by atoms with Gasteiger partial charge >= 0.3 is 0 Å². The van der Waals surface area contributed by atoms with E-state index in [4.69, 9.17) is 0 Å². The number of nitrogens with one attached hydrogen (secondary N) is 1. The van der Waals surface area contributed by atoms with Crippen molar-refractivity contribution < 1.29 is 17.6 Å². The molecule has 2 rings (SSSR count). The Morgan fingerprint density at radius 3 is 2.54 bits per heavy atom. The molecule has 1 saturated heterocycles. The summed E-state index contributed by atoms with van der Waals surface area (Å²) in [6, 6.07) is 5.40.